The Kier molecular flexibility index (Phi) is 4.90. The first kappa shape index (κ1) is 18.0. The summed E-state index contributed by atoms with van der Waals surface area (Å²) in [5, 5.41) is 1.83. The second-order valence-corrected chi connectivity index (χ2v) is 7.30. The van der Waals surface area contributed by atoms with Gasteiger partial charge in [0.25, 0.3) is 5.56 Å². The SMILES string of the molecule is Cc1nc(SCc2ccc(Cl)c(Cl)c2)c2c(=O)n(C)c(=O)n(C)c2n1. The minimum absolute atomic E-state index is 0.331. The molecule has 0 fully saturated rings. The predicted molar refractivity (Wildman–Crippen MR) is 101 cm³/mol. The molecule has 2 aromatic heterocycles. The molecule has 0 aliphatic carbocycles. The van der Waals surface area contributed by atoms with Crippen LogP contribution in [0.3, 0.4) is 0 Å². The van der Waals surface area contributed by atoms with Crippen molar-refractivity contribution in [2.45, 2.75) is 17.7 Å². The average molecular weight is 397 g/mol. The topological polar surface area (TPSA) is 69.8 Å². The number of nitrogens with zero attached hydrogens (tertiary/aromatic N) is 4. The third-order valence-electron chi connectivity index (χ3n) is 3.74. The van der Waals surface area contributed by atoms with Gasteiger partial charge in [0.1, 0.15) is 16.2 Å². The van der Waals surface area contributed by atoms with E-state index >= 15 is 0 Å². The van der Waals surface area contributed by atoms with Gasteiger partial charge in [-0.25, -0.2) is 14.8 Å². The summed E-state index contributed by atoms with van der Waals surface area (Å²) < 4.78 is 2.42. The van der Waals surface area contributed by atoms with E-state index in [-0.39, 0.29) is 0 Å². The van der Waals surface area contributed by atoms with Gasteiger partial charge in [-0.15, -0.1) is 11.8 Å². The third-order valence-corrected chi connectivity index (χ3v) is 5.52. The molecule has 0 spiro atoms. The molecule has 0 bridgehead atoms. The van der Waals surface area contributed by atoms with Gasteiger partial charge in [-0.3, -0.25) is 13.9 Å². The Balaban J connectivity index is 2.11. The molecule has 0 saturated heterocycles. The van der Waals surface area contributed by atoms with Gasteiger partial charge in [-0.2, -0.15) is 0 Å². The monoisotopic (exact) mass is 396 g/mol. The first-order valence-electron chi connectivity index (χ1n) is 7.30. The van der Waals surface area contributed by atoms with E-state index in [0.717, 1.165) is 10.1 Å². The number of benzene rings is 1. The number of halogens is 2. The number of aromatic nitrogens is 4. The zero-order chi connectivity index (χ0) is 18.3. The van der Waals surface area contributed by atoms with Gasteiger partial charge in [0, 0.05) is 19.8 Å². The third kappa shape index (κ3) is 3.31. The highest BCUT2D eigenvalue weighted by Crippen LogP contribution is 2.29. The van der Waals surface area contributed by atoms with Crippen molar-refractivity contribution in [3.8, 4) is 0 Å². The van der Waals surface area contributed by atoms with E-state index in [9.17, 15) is 9.59 Å². The van der Waals surface area contributed by atoms with Crippen LogP contribution in [0.2, 0.25) is 10.0 Å². The van der Waals surface area contributed by atoms with E-state index in [0.29, 0.717) is 37.7 Å². The molecule has 25 heavy (non-hydrogen) atoms. The van der Waals surface area contributed by atoms with Crippen LogP contribution in [-0.2, 0) is 19.8 Å². The maximum absolute atomic E-state index is 12.6. The molecule has 0 unspecified atom stereocenters. The van der Waals surface area contributed by atoms with Crippen molar-refractivity contribution < 1.29 is 0 Å². The first-order chi connectivity index (χ1) is 11.8. The summed E-state index contributed by atoms with van der Waals surface area (Å²) in [4.78, 5) is 33.3. The van der Waals surface area contributed by atoms with Crippen LogP contribution in [0.1, 0.15) is 11.4 Å². The molecule has 0 atom stereocenters. The maximum atomic E-state index is 12.6. The summed E-state index contributed by atoms with van der Waals surface area (Å²) in [7, 11) is 3.03. The maximum Gasteiger partial charge on any atom is 0.332 e. The van der Waals surface area contributed by atoms with Crippen molar-refractivity contribution in [2.24, 2.45) is 14.1 Å². The zero-order valence-electron chi connectivity index (χ0n) is 13.7. The second kappa shape index (κ2) is 6.82. The van der Waals surface area contributed by atoms with Crippen molar-refractivity contribution in [1.29, 1.82) is 0 Å². The van der Waals surface area contributed by atoms with Gasteiger partial charge in [0.15, 0.2) is 5.65 Å². The lowest BCUT2D eigenvalue weighted by molar-refractivity contribution is 0.701. The molecule has 1 aromatic carbocycles. The van der Waals surface area contributed by atoms with Gasteiger partial charge in [0.05, 0.1) is 10.0 Å². The van der Waals surface area contributed by atoms with E-state index in [1.807, 2.05) is 6.07 Å². The normalized spacial score (nSPS) is 11.2. The number of hydrogen-bond acceptors (Lipinski definition) is 5. The van der Waals surface area contributed by atoms with Crippen molar-refractivity contribution in [1.82, 2.24) is 19.1 Å². The molecule has 0 aliphatic rings. The molecule has 0 radical (unpaired) electrons. The minimum Gasteiger partial charge on any atom is -0.280 e. The number of thioether (sulfide) groups is 1. The van der Waals surface area contributed by atoms with E-state index in [2.05, 4.69) is 9.97 Å². The van der Waals surface area contributed by atoms with Crippen LogP contribution in [0.5, 0.6) is 0 Å². The van der Waals surface area contributed by atoms with Crippen LogP contribution in [0.25, 0.3) is 11.0 Å². The van der Waals surface area contributed by atoms with Gasteiger partial charge in [0.2, 0.25) is 0 Å². The fraction of sp³-hybridized carbons (Fsp3) is 0.250. The molecule has 0 N–H and O–H groups in total. The van der Waals surface area contributed by atoms with Crippen LogP contribution >= 0.6 is 35.0 Å². The molecule has 130 valence electrons. The molecule has 3 rings (SSSR count). The van der Waals surface area contributed by atoms with Crippen LogP contribution in [-0.4, -0.2) is 19.1 Å². The quantitative estimate of drug-likeness (QED) is 0.502. The Hall–Kier alpha value is -1.83. The van der Waals surface area contributed by atoms with Crippen LogP contribution in [0, 0.1) is 6.92 Å². The summed E-state index contributed by atoms with van der Waals surface area (Å²) in [5.41, 5.74) is 0.452. The van der Waals surface area contributed by atoms with Gasteiger partial charge in [-0.1, -0.05) is 29.3 Å². The van der Waals surface area contributed by atoms with Crippen molar-refractivity contribution in [3.63, 3.8) is 0 Å². The Morgan fingerprint density at radius 2 is 1.80 bits per heavy atom. The molecule has 0 saturated carbocycles. The molecule has 2 heterocycles. The molecule has 0 amide bonds. The lowest BCUT2D eigenvalue weighted by atomic mass is 10.2. The molecular weight excluding hydrogens is 383 g/mol. The minimum atomic E-state index is -0.420. The Morgan fingerprint density at radius 1 is 1.08 bits per heavy atom. The molecule has 9 heteroatoms. The highest BCUT2D eigenvalue weighted by atomic mass is 35.5. The molecular formula is C16H14Cl2N4O2S. The van der Waals surface area contributed by atoms with E-state index < -0.39 is 11.2 Å². The molecule has 6 nitrogen and oxygen atoms in total. The summed E-state index contributed by atoms with van der Waals surface area (Å²) in [5.74, 6) is 1.04. The van der Waals surface area contributed by atoms with Gasteiger partial charge >= 0.3 is 5.69 Å². The number of fused-ring (bicyclic) bond motifs is 1. The van der Waals surface area contributed by atoms with E-state index in [4.69, 9.17) is 23.2 Å². The number of hydrogen-bond donors (Lipinski definition) is 0. The summed E-state index contributed by atoms with van der Waals surface area (Å²) in [6, 6.07) is 5.37. The zero-order valence-corrected chi connectivity index (χ0v) is 16.0. The standard InChI is InChI=1S/C16H14Cl2N4O2S/c1-8-19-13-12(15(23)22(3)16(24)21(13)2)14(20-8)25-7-9-4-5-10(17)11(18)6-9/h4-6H,7H2,1-3H3. The average Bonchev–Trinajstić information content (AvgIpc) is 2.58. The van der Waals surface area contributed by atoms with Gasteiger partial charge in [-0.05, 0) is 24.6 Å². The van der Waals surface area contributed by atoms with Crippen LogP contribution in [0.4, 0.5) is 0 Å². The highest BCUT2D eigenvalue weighted by Gasteiger charge is 2.16. The lowest BCUT2D eigenvalue weighted by Gasteiger charge is -2.10. The highest BCUT2D eigenvalue weighted by molar-refractivity contribution is 7.98. The Bertz CT molecular complexity index is 1110. The fourth-order valence-corrected chi connectivity index (χ4v) is 3.74. The lowest BCUT2D eigenvalue weighted by Crippen LogP contribution is -2.37. The van der Waals surface area contributed by atoms with Crippen LogP contribution in [0.15, 0.2) is 32.8 Å². The van der Waals surface area contributed by atoms with Gasteiger partial charge < -0.3 is 0 Å². The Morgan fingerprint density at radius 3 is 2.48 bits per heavy atom. The summed E-state index contributed by atoms with van der Waals surface area (Å²) in [6.07, 6.45) is 0. The Labute approximate surface area is 157 Å². The van der Waals surface area contributed by atoms with Crippen molar-refractivity contribution >= 4 is 46.0 Å². The number of rotatable bonds is 3. The summed E-state index contributed by atoms with van der Waals surface area (Å²) in [6.45, 7) is 1.73. The molecule has 3 aromatic rings. The smallest absolute Gasteiger partial charge is 0.280 e. The van der Waals surface area contributed by atoms with E-state index in [1.165, 1.54) is 23.4 Å². The number of aryl methyl sites for hydroxylation is 2. The summed E-state index contributed by atoms with van der Waals surface area (Å²) >= 11 is 13.4. The predicted octanol–water partition coefficient (Wildman–Crippen LogP) is 2.93. The van der Waals surface area contributed by atoms with Crippen LogP contribution < -0.4 is 11.2 Å². The van der Waals surface area contributed by atoms with E-state index in [1.54, 1.807) is 26.1 Å². The fourth-order valence-electron chi connectivity index (χ4n) is 2.42. The van der Waals surface area contributed by atoms with Crippen molar-refractivity contribution in [3.05, 3.63) is 60.5 Å². The van der Waals surface area contributed by atoms with Crippen molar-refractivity contribution in [2.75, 3.05) is 0 Å². The second-order valence-electron chi connectivity index (χ2n) is 5.52. The first-order valence-corrected chi connectivity index (χ1v) is 9.05. The largest absolute Gasteiger partial charge is 0.332 e. The molecule has 0 aliphatic heterocycles.